The molecule has 1 aliphatic carbocycles. The van der Waals surface area contributed by atoms with Gasteiger partial charge in [-0.2, -0.15) is 4.98 Å². The summed E-state index contributed by atoms with van der Waals surface area (Å²) in [6.45, 7) is 7.16. The van der Waals surface area contributed by atoms with Gasteiger partial charge in [0.15, 0.2) is 0 Å². The van der Waals surface area contributed by atoms with Crippen LogP contribution in [0.4, 0.5) is 11.8 Å². The van der Waals surface area contributed by atoms with Crippen LogP contribution in [0.3, 0.4) is 0 Å². The lowest BCUT2D eigenvalue weighted by molar-refractivity contribution is 0.122. The molecule has 9 nitrogen and oxygen atoms in total. The van der Waals surface area contributed by atoms with Crippen LogP contribution in [0.25, 0.3) is 10.9 Å². The van der Waals surface area contributed by atoms with Crippen molar-refractivity contribution in [2.45, 2.75) is 57.7 Å². The summed E-state index contributed by atoms with van der Waals surface area (Å²) in [5.41, 5.74) is 4.47. The van der Waals surface area contributed by atoms with E-state index >= 15 is 0 Å². The van der Waals surface area contributed by atoms with Gasteiger partial charge in [0.2, 0.25) is 11.8 Å². The number of hydrogen-bond donors (Lipinski definition) is 1. The number of anilines is 2. The molecular weight excluding hydrogens is 454 g/mol. The van der Waals surface area contributed by atoms with E-state index < -0.39 is 0 Å². The minimum Gasteiger partial charge on any atom is -0.474 e. The van der Waals surface area contributed by atoms with Crippen molar-refractivity contribution in [1.82, 2.24) is 24.8 Å². The summed E-state index contributed by atoms with van der Waals surface area (Å²) in [6, 6.07) is 4.57. The predicted octanol–water partition coefficient (Wildman–Crippen LogP) is 3.35. The van der Waals surface area contributed by atoms with Gasteiger partial charge in [-0.1, -0.05) is 0 Å². The van der Waals surface area contributed by atoms with Crippen LogP contribution in [0, 0.1) is 6.92 Å². The third-order valence-electron chi connectivity index (χ3n) is 7.51. The molecule has 0 spiro atoms. The molecule has 0 aromatic carbocycles. The molecule has 6 rings (SSSR count). The number of aromatic nitrogens is 4. The second-order valence-electron chi connectivity index (χ2n) is 10.4. The number of aryl methyl sites for hydroxylation is 1. The largest absolute Gasteiger partial charge is 0.474 e. The summed E-state index contributed by atoms with van der Waals surface area (Å²) in [7, 11) is 2.14. The number of likely N-dealkylation sites (N-methyl/N-ethyl adjacent to an activating group) is 1. The molecular formula is C27H35N7O2. The molecule has 0 atom stereocenters. The standard InChI is InChI=1S/C27H35N7O2/c1-18-13-22-24(28-15-18)14-25(34-9-11-35-12-10-34)32-26(22)36-21-5-3-20(4-6-21)30-27-29-16-19-17-33(2)8-7-23(19)31-27/h13-16,20-21H,3-12,17H2,1-2H3,(H,29,30,31). The average Bonchev–Trinajstić information content (AvgIpc) is 2.90. The van der Waals surface area contributed by atoms with Gasteiger partial charge in [0.1, 0.15) is 11.9 Å². The van der Waals surface area contributed by atoms with E-state index in [9.17, 15) is 0 Å². The first-order chi connectivity index (χ1) is 17.6. The smallest absolute Gasteiger partial charge is 0.225 e. The molecule has 0 amide bonds. The van der Waals surface area contributed by atoms with Crippen molar-refractivity contribution in [2.24, 2.45) is 0 Å². The van der Waals surface area contributed by atoms with Crippen molar-refractivity contribution in [2.75, 3.05) is 50.1 Å². The Balaban J connectivity index is 1.13. The van der Waals surface area contributed by atoms with Crippen molar-refractivity contribution in [3.63, 3.8) is 0 Å². The Labute approximate surface area is 212 Å². The third kappa shape index (κ3) is 5.08. The summed E-state index contributed by atoms with van der Waals surface area (Å²) in [6.07, 6.45) is 9.01. The third-order valence-corrected chi connectivity index (χ3v) is 7.51. The Morgan fingerprint density at radius 2 is 1.83 bits per heavy atom. The van der Waals surface area contributed by atoms with E-state index in [1.807, 2.05) is 12.4 Å². The highest BCUT2D eigenvalue weighted by Crippen LogP contribution is 2.32. The Bertz CT molecular complexity index is 1220. The fourth-order valence-corrected chi connectivity index (χ4v) is 5.42. The van der Waals surface area contributed by atoms with E-state index in [1.165, 1.54) is 11.3 Å². The molecule has 1 N–H and O–H groups in total. The number of nitrogens with one attached hydrogen (secondary N) is 1. The van der Waals surface area contributed by atoms with Gasteiger partial charge in [-0.05, 0) is 51.3 Å². The van der Waals surface area contributed by atoms with E-state index in [0.717, 1.165) is 99.7 Å². The van der Waals surface area contributed by atoms with E-state index in [1.54, 1.807) is 0 Å². The van der Waals surface area contributed by atoms with Crippen molar-refractivity contribution >= 4 is 22.7 Å². The van der Waals surface area contributed by atoms with Gasteiger partial charge in [0.25, 0.3) is 0 Å². The maximum atomic E-state index is 6.57. The van der Waals surface area contributed by atoms with E-state index in [4.69, 9.17) is 19.4 Å². The Kier molecular flexibility index (Phi) is 6.58. The summed E-state index contributed by atoms with van der Waals surface area (Å²) in [4.78, 5) is 23.6. The lowest BCUT2D eigenvalue weighted by Crippen LogP contribution is -2.37. The maximum Gasteiger partial charge on any atom is 0.225 e. The number of ether oxygens (including phenoxy) is 2. The number of morpholine rings is 1. The maximum absolute atomic E-state index is 6.57. The zero-order valence-electron chi connectivity index (χ0n) is 21.2. The molecule has 36 heavy (non-hydrogen) atoms. The van der Waals surface area contributed by atoms with Gasteiger partial charge in [0.05, 0.1) is 29.8 Å². The zero-order valence-corrected chi connectivity index (χ0v) is 21.2. The van der Waals surface area contributed by atoms with Gasteiger partial charge in [-0.15, -0.1) is 0 Å². The molecule has 5 heterocycles. The molecule has 1 saturated heterocycles. The average molecular weight is 490 g/mol. The lowest BCUT2D eigenvalue weighted by atomic mass is 9.93. The second kappa shape index (κ2) is 10.1. The van der Waals surface area contributed by atoms with Crippen LogP contribution in [0.1, 0.15) is 42.5 Å². The van der Waals surface area contributed by atoms with Crippen molar-refractivity contribution < 1.29 is 9.47 Å². The minimum absolute atomic E-state index is 0.138. The van der Waals surface area contributed by atoms with Crippen LogP contribution < -0.4 is 15.0 Å². The highest BCUT2D eigenvalue weighted by atomic mass is 16.5. The first-order valence-electron chi connectivity index (χ1n) is 13.2. The Morgan fingerprint density at radius 3 is 2.67 bits per heavy atom. The number of pyridine rings is 2. The fraction of sp³-hybridized carbons (Fsp3) is 0.556. The predicted molar refractivity (Wildman–Crippen MR) is 140 cm³/mol. The Morgan fingerprint density at radius 1 is 1.00 bits per heavy atom. The molecule has 190 valence electrons. The van der Waals surface area contributed by atoms with Crippen LogP contribution >= 0.6 is 0 Å². The quantitative estimate of drug-likeness (QED) is 0.579. The van der Waals surface area contributed by atoms with Crippen molar-refractivity contribution in [1.29, 1.82) is 0 Å². The van der Waals surface area contributed by atoms with Crippen LogP contribution in [0.2, 0.25) is 0 Å². The monoisotopic (exact) mass is 489 g/mol. The van der Waals surface area contributed by atoms with Crippen molar-refractivity contribution in [3.05, 3.63) is 41.3 Å². The van der Waals surface area contributed by atoms with Crippen LogP contribution in [-0.2, 0) is 17.7 Å². The molecule has 1 saturated carbocycles. The van der Waals surface area contributed by atoms with Gasteiger partial charge >= 0.3 is 0 Å². The first kappa shape index (κ1) is 23.4. The summed E-state index contributed by atoms with van der Waals surface area (Å²) < 4.78 is 12.1. The Hall–Kier alpha value is -3.04. The summed E-state index contributed by atoms with van der Waals surface area (Å²) in [5.74, 6) is 2.38. The van der Waals surface area contributed by atoms with Gasteiger partial charge in [0, 0.05) is 62.7 Å². The molecule has 3 aliphatic rings. The molecule has 0 radical (unpaired) electrons. The molecule has 0 bridgehead atoms. The number of rotatable bonds is 5. The van der Waals surface area contributed by atoms with Crippen LogP contribution in [0.5, 0.6) is 5.88 Å². The second-order valence-corrected chi connectivity index (χ2v) is 10.4. The van der Waals surface area contributed by atoms with Gasteiger partial charge in [-0.25, -0.2) is 9.97 Å². The SMILES string of the molecule is Cc1cnc2cc(N3CCOCC3)nc(OC3CCC(Nc4ncc5c(n4)CCN(C)C5)CC3)c2c1. The highest BCUT2D eigenvalue weighted by Gasteiger charge is 2.25. The lowest BCUT2D eigenvalue weighted by Gasteiger charge is -2.31. The molecule has 3 aromatic rings. The minimum atomic E-state index is 0.138. The van der Waals surface area contributed by atoms with Crippen LogP contribution in [0.15, 0.2) is 24.5 Å². The zero-order chi connectivity index (χ0) is 24.5. The molecule has 0 unspecified atom stereocenters. The molecule has 2 fully saturated rings. The molecule has 3 aromatic heterocycles. The van der Waals surface area contributed by atoms with E-state index in [2.05, 4.69) is 51.2 Å². The molecule has 2 aliphatic heterocycles. The number of hydrogen-bond acceptors (Lipinski definition) is 9. The fourth-order valence-electron chi connectivity index (χ4n) is 5.42. The van der Waals surface area contributed by atoms with Crippen molar-refractivity contribution in [3.8, 4) is 5.88 Å². The number of nitrogens with zero attached hydrogens (tertiary/aromatic N) is 6. The van der Waals surface area contributed by atoms with E-state index in [-0.39, 0.29) is 6.10 Å². The van der Waals surface area contributed by atoms with Crippen LogP contribution in [-0.4, -0.2) is 76.9 Å². The topological polar surface area (TPSA) is 88.5 Å². The van der Waals surface area contributed by atoms with Gasteiger partial charge in [-0.3, -0.25) is 4.98 Å². The number of fused-ring (bicyclic) bond motifs is 2. The summed E-state index contributed by atoms with van der Waals surface area (Å²) >= 11 is 0. The first-order valence-corrected chi connectivity index (χ1v) is 13.2. The summed E-state index contributed by atoms with van der Waals surface area (Å²) in [5, 5.41) is 4.57. The highest BCUT2D eigenvalue weighted by molar-refractivity contribution is 5.86. The van der Waals surface area contributed by atoms with Gasteiger partial charge < -0.3 is 24.6 Å². The molecule has 9 heteroatoms. The normalized spacial score (nSPS) is 22.9. The van der Waals surface area contributed by atoms with E-state index in [0.29, 0.717) is 11.9 Å².